The highest BCUT2D eigenvalue weighted by Gasteiger charge is 2.28. The van der Waals surface area contributed by atoms with Crippen molar-refractivity contribution in [3.05, 3.63) is 17.4 Å². The van der Waals surface area contributed by atoms with Crippen LogP contribution < -0.4 is 4.90 Å². The van der Waals surface area contributed by atoms with Gasteiger partial charge in [-0.1, -0.05) is 30.3 Å². The molecule has 0 N–H and O–H groups in total. The maximum atomic E-state index is 5.55. The average molecular weight is 360 g/mol. The first-order valence-corrected chi connectivity index (χ1v) is 9.70. The first kappa shape index (κ1) is 16.5. The van der Waals surface area contributed by atoms with Crippen LogP contribution in [0.1, 0.15) is 50.0 Å². The molecule has 25 heavy (non-hydrogen) atoms. The molecule has 7 nitrogen and oxygen atoms in total. The molecule has 0 bridgehead atoms. The predicted octanol–water partition coefficient (Wildman–Crippen LogP) is 3.30. The number of hydrogen-bond acceptors (Lipinski definition) is 7. The summed E-state index contributed by atoms with van der Waals surface area (Å²) in [5, 5.41) is 9.66. The van der Waals surface area contributed by atoms with E-state index >= 15 is 0 Å². The molecule has 1 atom stereocenters. The van der Waals surface area contributed by atoms with Gasteiger partial charge in [-0.05, 0) is 25.7 Å². The highest BCUT2D eigenvalue weighted by Crippen LogP contribution is 2.35. The second-order valence-electron chi connectivity index (χ2n) is 7.29. The van der Waals surface area contributed by atoms with Crippen molar-refractivity contribution in [3.63, 3.8) is 0 Å². The standard InChI is InChI=1S/C17H24N6OS/c1-10(2)8-13-18-16(24-21-13)12-6-5-7-23(9-12)17-19-15-14(25-17)11(3)20-22(15)4/h10,12H,5-9H2,1-4H3. The predicted molar refractivity (Wildman–Crippen MR) is 98.2 cm³/mol. The summed E-state index contributed by atoms with van der Waals surface area (Å²) in [6, 6.07) is 0. The summed E-state index contributed by atoms with van der Waals surface area (Å²) in [6.07, 6.45) is 3.06. The summed E-state index contributed by atoms with van der Waals surface area (Å²) >= 11 is 1.73. The third kappa shape index (κ3) is 3.15. The zero-order valence-electron chi connectivity index (χ0n) is 15.2. The monoisotopic (exact) mass is 360 g/mol. The molecule has 0 aliphatic carbocycles. The van der Waals surface area contributed by atoms with Crippen LogP contribution in [-0.2, 0) is 13.5 Å². The number of aromatic nitrogens is 5. The number of rotatable bonds is 4. The van der Waals surface area contributed by atoms with Crippen LogP contribution in [0.4, 0.5) is 5.13 Å². The Bertz CT molecular complexity index is 845. The fourth-order valence-electron chi connectivity index (χ4n) is 3.44. The van der Waals surface area contributed by atoms with Gasteiger partial charge >= 0.3 is 0 Å². The molecule has 1 aliphatic heterocycles. The van der Waals surface area contributed by atoms with E-state index in [1.165, 1.54) is 4.70 Å². The van der Waals surface area contributed by atoms with Gasteiger partial charge in [0, 0.05) is 26.6 Å². The third-order valence-corrected chi connectivity index (χ3v) is 5.86. The van der Waals surface area contributed by atoms with Gasteiger partial charge < -0.3 is 9.42 Å². The number of aryl methyl sites for hydroxylation is 2. The van der Waals surface area contributed by atoms with Crippen molar-refractivity contribution in [2.24, 2.45) is 13.0 Å². The summed E-state index contributed by atoms with van der Waals surface area (Å²) in [5.41, 5.74) is 2.02. The average Bonchev–Trinajstić information content (AvgIpc) is 3.26. The lowest BCUT2D eigenvalue weighted by Crippen LogP contribution is -2.34. The number of thiazole rings is 1. The van der Waals surface area contributed by atoms with Gasteiger partial charge in [0.25, 0.3) is 0 Å². The van der Waals surface area contributed by atoms with E-state index < -0.39 is 0 Å². The van der Waals surface area contributed by atoms with E-state index in [0.717, 1.165) is 60.5 Å². The van der Waals surface area contributed by atoms with E-state index in [2.05, 4.69) is 34.0 Å². The number of fused-ring (bicyclic) bond motifs is 1. The molecule has 0 aromatic carbocycles. The Morgan fingerprint density at radius 1 is 1.32 bits per heavy atom. The SMILES string of the molecule is Cc1nn(C)c2nc(N3CCCC(c4nc(CC(C)C)no4)C3)sc12. The molecule has 0 saturated carbocycles. The maximum Gasteiger partial charge on any atom is 0.231 e. The second kappa shape index (κ2) is 6.40. The number of hydrogen-bond donors (Lipinski definition) is 0. The van der Waals surface area contributed by atoms with Gasteiger partial charge in [0.1, 0.15) is 0 Å². The van der Waals surface area contributed by atoms with Crippen LogP contribution in [0.3, 0.4) is 0 Å². The van der Waals surface area contributed by atoms with Crippen molar-refractivity contribution in [1.29, 1.82) is 0 Å². The number of nitrogens with zero attached hydrogens (tertiary/aromatic N) is 6. The van der Waals surface area contributed by atoms with Gasteiger partial charge in [0.05, 0.1) is 16.3 Å². The number of anilines is 1. The van der Waals surface area contributed by atoms with Crippen LogP contribution >= 0.6 is 11.3 Å². The van der Waals surface area contributed by atoms with Crippen molar-refractivity contribution >= 4 is 26.8 Å². The summed E-state index contributed by atoms with van der Waals surface area (Å²) in [4.78, 5) is 11.8. The third-order valence-electron chi connectivity index (χ3n) is 4.65. The van der Waals surface area contributed by atoms with Crippen molar-refractivity contribution in [1.82, 2.24) is 24.9 Å². The molecule has 134 valence electrons. The molecule has 4 rings (SSSR count). The lowest BCUT2D eigenvalue weighted by atomic mass is 9.98. The molecule has 0 amide bonds. The zero-order chi connectivity index (χ0) is 17.6. The molecule has 1 saturated heterocycles. The van der Waals surface area contributed by atoms with Crippen molar-refractivity contribution < 1.29 is 4.52 Å². The van der Waals surface area contributed by atoms with Gasteiger partial charge in [0.15, 0.2) is 16.6 Å². The largest absolute Gasteiger partial charge is 0.347 e. The van der Waals surface area contributed by atoms with E-state index in [4.69, 9.17) is 9.51 Å². The Morgan fingerprint density at radius 3 is 2.92 bits per heavy atom. The molecule has 1 aliphatic rings. The normalized spacial score (nSPS) is 18.6. The summed E-state index contributed by atoms with van der Waals surface area (Å²) < 4.78 is 8.59. The highest BCUT2D eigenvalue weighted by molar-refractivity contribution is 7.22. The molecule has 8 heteroatoms. The molecule has 3 aromatic rings. The van der Waals surface area contributed by atoms with E-state index in [9.17, 15) is 0 Å². The lowest BCUT2D eigenvalue weighted by Gasteiger charge is -2.30. The molecule has 1 unspecified atom stereocenters. The fraction of sp³-hybridized carbons (Fsp3) is 0.647. The van der Waals surface area contributed by atoms with Gasteiger partial charge in [0.2, 0.25) is 5.89 Å². The minimum atomic E-state index is 0.286. The van der Waals surface area contributed by atoms with Gasteiger partial charge in [-0.25, -0.2) is 9.67 Å². The summed E-state index contributed by atoms with van der Waals surface area (Å²) in [5.74, 6) is 2.42. The topological polar surface area (TPSA) is 72.9 Å². The smallest absolute Gasteiger partial charge is 0.231 e. The quantitative estimate of drug-likeness (QED) is 0.711. The molecule has 1 fully saturated rings. The van der Waals surface area contributed by atoms with E-state index in [0.29, 0.717) is 5.92 Å². The summed E-state index contributed by atoms with van der Waals surface area (Å²) in [7, 11) is 1.95. The van der Waals surface area contributed by atoms with Crippen LogP contribution in [0.15, 0.2) is 4.52 Å². The Labute approximate surface area is 151 Å². The van der Waals surface area contributed by atoms with Crippen molar-refractivity contribution in [2.45, 2.75) is 46.0 Å². The van der Waals surface area contributed by atoms with E-state index in [1.807, 2.05) is 18.7 Å². The van der Waals surface area contributed by atoms with Crippen LogP contribution in [0.25, 0.3) is 10.3 Å². The van der Waals surface area contributed by atoms with Gasteiger partial charge in [-0.15, -0.1) is 0 Å². The summed E-state index contributed by atoms with van der Waals surface area (Å²) in [6.45, 7) is 8.29. The van der Waals surface area contributed by atoms with Gasteiger partial charge in [-0.3, -0.25) is 0 Å². The van der Waals surface area contributed by atoms with Crippen LogP contribution in [-0.4, -0.2) is 38.0 Å². The van der Waals surface area contributed by atoms with Gasteiger partial charge in [-0.2, -0.15) is 10.1 Å². The highest BCUT2D eigenvalue weighted by atomic mass is 32.1. The first-order valence-electron chi connectivity index (χ1n) is 8.89. The van der Waals surface area contributed by atoms with Crippen LogP contribution in [0.5, 0.6) is 0 Å². The molecular formula is C17H24N6OS. The molecule has 0 spiro atoms. The molecular weight excluding hydrogens is 336 g/mol. The lowest BCUT2D eigenvalue weighted by molar-refractivity contribution is 0.329. The first-order chi connectivity index (χ1) is 12.0. The fourth-order valence-corrected chi connectivity index (χ4v) is 4.51. The molecule has 0 radical (unpaired) electrons. The zero-order valence-corrected chi connectivity index (χ0v) is 16.0. The minimum absolute atomic E-state index is 0.286. The van der Waals surface area contributed by atoms with E-state index in [1.54, 1.807) is 11.3 Å². The Morgan fingerprint density at radius 2 is 2.16 bits per heavy atom. The minimum Gasteiger partial charge on any atom is -0.347 e. The Balaban J connectivity index is 1.53. The molecule has 3 aromatic heterocycles. The number of piperidine rings is 1. The second-order valence-corrected chi connectivity index (χ2v) is 8.27. The molecule has 4 heterocycles. The Kier molecular flexibility index (Phi) is 4.23. The Hall–Kier alpha value is -1.96. The van der Waals surface area contributed by atoms with Crippen molar-refractivity contribution in [2.75, 3.05) is 18.0 Å². The van der Waals surface area contributed by atoms with Crippen LogP contribution in [0, 0.1) is 12.8 Å². The van der Waals surface area contributed by atoms with Crippen LogP contribution in [0.2, 0.25) is 0 Å². The maximum absolute atomic E-state index is 5.55. The van der Waals surface area contributed by atoms with Crippen molar-refractivity contribution in [3.8, 4) is 0 Å². The van der Waals surface area contributed by atoms with E-state index in [-0.39, 0.29) is 5.92 Å².